The molecule has 154 valence electrons. The molecule has 7 heteroatoms. The van der Waals surface area contributed by atoms with Crippen LogP contribution in [0.3, 0.4) is 0 Å². The zero-order valence-electron chi connectivity index (χ0n) is 17.4. The molecule has 0 saturated carbocycles. The fraction of sp³-hybridized carbons (Fsp3) is 0.850. The number of hydrogen-bond donors (Lipinski definition) is 1. The van der Waals surface area contributed by atoms with Crippen molar-refractivity contribution in [3.8, 4) is 0 Å². The number of hydrogen-bond acceptors (Lipinski definition) is 4. The summed E-state index contributed by atoms with van der Waals surface area (Å²) < 4.78 is 0. The highest BCUT2D eigenvalue weighted by atomic mass is 16.2. The number of piperazine rings is 1. The van der Waals surface area contributed by atoms with Gasteiger partial charge in [0, 0.05) is 64.6 Å². The largest absolute Gasteiger partial charge is 0.352 e. The average Bonchev–Trinajstić information content (AvgIpc) is 2.65. The smallest absolute Gasteiger partial charge is 0.226 e. The van der Waals surface area contributed by atoms with Gasteiger partial charge in [0.15, 0.2) is 0 Å². The molecule has 0 aromatic rings. The number of carbonyl (C=O) groups excluding carboxylic acids is 3. The van der Waals surface area contributed by atoms with Gasteiger partial charge in [-0.05, 0) is 25.8 Å². The Morgan fingerprint density at radius 1 is 1.11 bits per heavy atom. The van der Waals surface area contributed by atoms with E-state index in [0.717, 1.165) is 39.0 Å². The Kier molecular flexibility index (Phi) is 8.07. The van der Waals surface area contributed by atoms with E-state index in [-0.39, 0.29) is 36.1 Å². The van der Waals surface area contributed by atoms with E-state index in [0.29, 0.717) is 25.3 Å². The number of carbonyl (C=O) groups is 3. The first-order valence-corrected chi connectivity index (χ1v) is 10.3. The van der Waals surface area contributed by atoms with Crippen LogP contribution in [0.15, 0.2) is 0 Å². The highest BCUT2D eigenvalue weighted by Crippen LogP contribution is 2.21. The third kappa shape index (κ3) is 6.79. The SMILES string of the molecule is CC(C)CC(=O)NC1CCCC(C(=O)N2CCN(C)CC2)CC(=O)N(C)C1. The Bertz CT molecular complexity index is 529. The van der Waals surface area contributed by atoms with Crippen molar-refractivity contribution in [3.05, 3.63) is 0 Å². The Hall–Kier alpha value is -1.63. The molecule has 27 heavy (non-hydrogen) atoms. The van der Waals surface area contributed by atoms with Crippen LogP contribution in [0.5, 0.6) is 0 Å². The molecule has 2 aliphatic rings. The van der Waals surface area contributed by atoms with Crippen LogP contribution in [0.2, 0.25) is 0 Å². The molecule has 2 heterocycles. The molecule has 7 nitrogen and oxygen atoms in total. The molecule has 1 N–H and O–H groups in total. The summed E-state index contributed by atoms with van der Waals surface area (Å²) in [4.78, 5) is 43.5. The van der Waals surface area contributed by atoms with Crippen molar-refractivity contribution in [1.29, 1.82) is 0 Å². The third-order valence-electron chi connectivity index (χ3n) is 5.57. The Morgan fingerprint density at radius 3 is 2.41 bits per heavy atom. The highest BCUT2D eigenvalue weighted by molar-refractivity contribution is 5.86. The topological polar surface area (TPSA) is 73.0 Å². The summed E-state index contributed by atoms with van der Waals surface area (Å²) in [5.41, 5.74) is 0. The van der Waals surface area contributed by atoms with Crippen LogP contribution in [0.4, 0.5) is 0 Å². The summed E-state index contributed by atoms with van der Waals surface area (Å²) in [6.45, 7) is 7.80. The molecule has 2 rings (SSSR count). The van der Waals surface area contributed by atoms with Crippen LogP contribution in [-0.4, -0.2) is 85.3 Å². The summed E-state index contributed by atoms with van der Waals surface area (Å²) in [5, 5.41) is 3.08. The van der Waals surface area contributed by atoms with Gasteiger partial charge >= 0.3 is 0 Å². The minimum atomic E-state index is -0.242. The molecular formula is C20H36N4O3. The van der Waals surface area contributed by atoms with Crippen molar-refractivity contribution in [2.75, 3.05) is 46.8 Å². The van der Waals surface area contributed by atoms with Crippen LogP contribution < -0.4 is 5.32 Å². The van der Waals surface area contributed by atoms with Crippen LogP contribution in [0, 0.1) is 11.8 Å². The van der Waals surface area contributed by atoms with E-state index in [4.69, 9.17) is 0 Å². The maximum absolute atomic E-state index is 12.9. The van der Waals surface area contributed by atoms with Crippen LogP contribution in [0.1, 0.15) is 46.0 Å². The summed E-state index contributed by atoms with van der Waals surface area (Å²) in [7, 11) is 3.83. The van der Waals surface area contributed by atoms with Gasteiger partial charge in [-0.25, -0.2) is 0 Å². The number of amides is 3. The monoisotopic (exact) mass is 380 g/mol. The first-order valence-electron chi connectivity index (χ1n) is 10.3. The van der Waals surface area contributed by atoms with E-state index < -0.39 is 0 Å². The summed E-state index contributed by atoms with van der Waals surface area (Å²) in [6.07, 6.45) is 3.13. The zero-order valence-corrected chi connectivity index (χ0v) is 17.4. The van der Waals surface area contributed by atoms with E-state index in [1.54, 1.807) is 11.9 Å². The lowest BCUT2D eigenvalue weighted by molar-refractivity contribution is -0.142. The van der Waals surface area contributed by atoms with Crippen molar-refractivity contribution in [1.82, 2.24) is 20.0 Å². The second kappa shape index (κ2) is 10.1. The summed E-state index contributed by atoms with van der Waals surface area (Å²) in [5.74, 6) is 0.222. The third-order valence-corrected chi connectivity index (χ3v) is 5.57. The highest BCUT2D eigenvalue weighted by Gasteiger charge is 2.31. The van der Waals surface area contributed by atoms with E-state index in [2.05, 4.69) is 17.3 Å². The molecule has 2 saturated heterocycles. The molecular weight excluding hydrogens is 344 g/mol. The van der Waals surface area contributed by atoms with Crippen molar-refractivity contribution >= 4 is 17.7 Å². The van der Waals surface area contributed by atoms with Crippen molar-refractivity contribution < 1.29 is 14.4 Å². The number of likely N-dealkylation sites (N-methyl/N-ethyl adjacent to an activating group) is 2. The van der Waals surface area contributed by atoms with Crippen LogP contribution in [-0.2, 0) is 14.4 Å². The number of rotatable bonds is 4. The van der Waals surface area contributed by atoms with E-state index in [1.165, 1.54) is 0 Å². The molecule has 2 fully saturated rings. The second-order valence-electron chi connectivity index (χ2n) is 8.60. The zero-order chi connectivity index (χ0) is 20.0. The lowest BCUT2D eigenvalue weighted by atomic mass is 9.95. The molecule has 3 amide bonds. The van der Waals surface area contributed by atoms with E-state index in [9.17, 15) is 14.4 Å². The van der Waals surface area contributed by atoms with Gasteiger partial charge < -0.3 is 20.0 Å². The van der Waals surface area contributed by atoms with Gasteiger partial charge in [-0.3, -0.25) is 14.4 Å². The van der Waals surface area contributed by atoms with E-state index >= 15 is 0 Å². The maximum Gasteiger partial charge on any atom is 0.226 e. The molecule has 0 aromatic carbocycles. The fourth-order valence-electron chi connectivity index (χ4n) is 3.87. The minimum absolute atomic E-state index is 0.00696. The van der Waals surface area contributed by atoms with Crippen molar-refractivity contribution in [2.24, 2.45) is 11.8 Å². The Balaban J connectivity index is 1.96. The van der Waals surface area contributed by atoms with Crippen molar-refractivity contribution in [2.45, 2.75) is 52.0 Å². The standard InChI is InChI=1S/C20H36N4O3/c1-15(2)12-18(25)21-17-7-5-6-16(13-19(26)23(4)14-17)20(27)24-10-8-22(3)9-11-24/h15-17H,5-14H2,1-4H3,(H,21,25). The number of nitrogens with zero attached hydrogens (tertiary/aromatic N) is 3. The predicted octanol–water partition coefficient (Wildman–Crippen LogP) is 0.940. The Morgan fingerprint density at radius 2 is 1.78 bits per heavy atom. The molecule has 0 bridgehead atoms. The molecule has 0 aliphatic carbocycles. The molecule has 0 radical (unpaired) electrons. The lowest BCUT2D eigenvalue weighted by Crippen LogP contribution is -2.49. The van der Waals surface area contributed by atoms with Gasteiger partial charge in [0.05, 0.1) is 0 Å². The summed E-state index contributed by atoms with van der Waals surface area (Å²) >= 11 is 0. The first kappa shape index (κ1) is 21.7. The fourth-order valence-corrected chi connectivity index (χ4v) is 3.87. The molecule has 0 spiro atoms. The lowest BCUT2D eigenvalue weighted by Gasteiger charge is -2.34. The second-order valence-corrected chi connectivity index (χ2v) is 8.60. The molecule has 0 aromatic heterocycles. The average molecular weight is 381 g/mol. The summed E-state index contributed by atoms with van der Waals surface area (Å²) in [6, 6.07) is -0.0392. The molecule has 2 unspecified atom stereocenters. The minimum Gasteiger partial charge on any atom is -0.352 e. The molecule has 2 atom stereocenters. The normalized spacial score (nSPS) is 25.7. The van der Waals surface area contributed by atoms with Gasteiger partial charge in [0.25, 0.3) is 0 Å². The number of nitrogens with one attached hydrogen (secondary N) is 1. The maximum atomic E-state index is 12.9. The van der Waals surface area contributed by atoms with Gasteiger partial charge in [-0.15, -0.1) is 0 Å². The van der Waals surface area contributed by atoms with Gasteiger partial charge in [0.1, 0.15) is 0 Å². The van der Waals surface area contributed by atoms with Crippen LogP contribution in [0.25, 0.3) is 0 Å². The first-order chi connectivity index (χ1) is 12.8. The van der Waals surface area contributed by atoms with Crippen LogP contribution >= 0.6 is 0 Å². The quantitative estimate of drug-likeness (QED) is 0.788. The van der Waals surface area contributed by atoms with Gasteiger partial charge in [-0.1, -0.05) is 20.3 Å². The Labute approximate surface area is 163 Å². The predicted molar refractivity (Wildman–Crippen MR) is 105 cm³/mol. The van der Waals surface area contributed by atoms with Crippen molar-refractivity contribution in [3.63, 3.8) is 0 Å². The molecule has 2 aliphatic heterocycles. The van der Waals surface area contributed by atoms with Gasteiger partial charge in [-0.2, -0.15) is 0 Å². The van der Waals surface area contributed by atoms with Gasteiger partial charge in [0.2, 0.25) is 17.7 Å². The van der Waals surface area contributed by atoms with E-state index in [1.807, 2.05) is 18.7 Å².